The van der Waals surface area contributed by atoms with Crippen molar-refractivity contribution in [3.63, 3.8) is 0 Å². The fraction of sp³-hybridized carbons (Fsp3) is 0.500. The van der Waals surface area contributed by atoms with Crippen LogP contribution in [0.3, 0.4) is 0 Å². The molecule has 18 heavy (non-hydrogen) atoms. The molecule has 0 amide bonds. The minimum absolute atomic E-state index is 0.710. The molecule has 2 heteroatoms. The maximum Gasteiger partial charge on any atom is 0.0485 e. The van der Waals surface area contributed by atoms with Crippen LogP contribution in [0.5, 0.6) is 0 Å². The van der Waals surface area contributed by atoms with E-state index in [1.807, 2.05) is 0 Å². The van der Waals surface area contributed by atoms with Crippen molar-refractivity contribution in [1.82, 2.24) is 4.57 Å². The van der Waals surface area contributed by atoms with Crippen LogP contribution in [0.4, 0.5) is 0 Å². The Morgan fingerprint density at radius 2 is 2.06 bits per heavy atom. The number of aryl methyl sites for hydroxylation is 1. The van der Waals surface area contributed by atoms with E-state index in [0.29, 0.717) is 6.04 Å². The standard InChI is InChI=1S/C16H22N2/c1-12-6-7-16-15(10-12)13(8-9-17)11-18(16)14-4-2-3-5-14/h6-7,10-11,14H,2-5,8-9,17H2,1H3. The normalized spacial score (nSPS) is 16.8. The lowest BCUT2D eigenvalue weighted by Crippen LogP contribution is -2.04. The van der Waals surface area contributed by atoms with E-state index in [1.165, 1.54) is 47.7 Å². The molecule has 1 heterocycles. The second-order valence-corrected chi connectivity index (χ2v) is 5.56. The Morgan fingerprint density at radius 1 is 1.28 bits per heavy atom. The van der Waals surface area contributed by atoms with E-state index in [-0.39, 0.29) is 0 Å². The SMILES string of the molecule is Cc1ccc2c(c1)c(CCN)cn2C1CCCC1. The highest BCUT2D eigenvalue weighted by atomic mass is 15.0. The number of fused-ring (bicyclic) bond motifs is 1. The van der Waals surface area contributed by atoms with Crippen LogP contribution in [0.15, 0.2) is 24.4 Å². The summed E-state index contributed by atoms with van der Waals surface area (Å²) in [4.78, 5) is 0. The van der Waals surface area contributed by atoms with Crippen molar-refractivity contribution in [2.24, 2.45) is 5.73 Å². The van der Waals surface area contributed by atoms with Crippen LogP contribution in [-0.2, 0) is 6.42 Å². The summed E-state index contributed by atoms with van der Waals surface area (Å²) in [5.41, 5.74) is 9.90. The molecular formula is C16H22N2. The lowest BCUT2D eigenvalue weighted by atomic mass is 10.1. The fourth-order valence-electron chi connectivity index (χ4n) is 3.28. The Bertz CT molecular complexity index is 547. The highest BCUT2D eigenvalue weighted by molar-refractivity contribution is 5.85. The second kappa shape index (κ2) is 4.77. The molecule has 1 aromatic carbocycles. The average Bonchev–Trinajstić information content (AvgIpc) is 2.97. The summed E-state index contributed by atoms with van der Waals surface area (Å²) in [6.45, 7) is 2.90. The predicted molar refractivity (Wildman–Crippen MR) is 76.9 cm³/mol. The third kappa shape index (κ3) is 1.95. The summed E-state index contributed by atoms with van der Waals surface area (Å²) in [5, 5.41) is 1.41. The second-order valence-electron chi connectivity index (χ2n) is 5.56. The Balaban J connectivity index is 2.13. The molecule has 0 unspecified atom stereocenters. The van der Waals surface area contributed by atoms with Gasteiger partial charge in [-0.3, -0.25) is 0 Å². The zero-order valence-electron chi connectivity index (χ0n) is 11.2. The number of hydrogen-bond acceptors (Lipinski definition) is 1. The van der Waals surface area contributed by atoms with E-state index in [2.05, 4.69) is 35.9 Å². The van der Waals surface area contributed by atoms with E-state index < -0.39 is 0 Å². The monoisotopic (exact) mass is 242 g/mol. The van der Waals surface area contributed by atoms with Gasteiger partial charge in [0.25, 0.3) is 0 Å². The van der Waals surface area contributed by atoms with E-state index in [0.717, 1.165) is 13.0 Å². The third-order valence-electron chi connectivity index (χ3n) is 4.20. The van der Waals surface area contributed by atoms with E-state index in [1.54, 1.807) is 0 Å². The first-order valence-electron chi connectivity index (χ1n) is 7.10. The molecule has 2 N–H and O–H groups in total. The number of aromatic nitrogens is 1. The number of nitrogens with zero attached hydrogens (tertiary/aromatic N) is 1. The number of hydrogen-bond donors (Lipinski definition) is 1. The average molecular weight is 242 g/mol. The number of benzene rings is 1. The van der Waals surface area contributed by atoms with Crippen LogP contribution < -0.4 is 5.73 Å². The maximum atomic E-state index is 5.74. The number of nitrogens with two attached hydrogens (primary N) is 1. The van der Waals surface area contributed by atoms with Crippen molar-refractivity contribution in [3.8, 4) is 0 Å². The summed E-state index contributed by atoms with van der Waals surface area (Å²) in [7, 11) is 0. The minimum Gasteiger partial charge on any atom is -0.344 e. The molecule has 1 aromatic heterocycles. The summed E-state index contributed by atoms with van der Waals surface area (Å²) in [6, 6.07) is 7.52. The van der Waals surface area contributed by atoms with E-state index in [9.17, 15) is 0 Å². The fourth-order valence-corrected chi connectivity index (χ4v) is 3.28. The third-order valence-corrected chi connectivity index (χ3v) is 4.20. The Kier molecular flexibility index (Phi) is 3.13. The molecule has 0 bridgehead atoms. The van der Waals surface area contributed by atoms with Gasteiger partial charge in [-0.1, -0.05) is 24.5 Å². The highest BCUT2D eigenvalue weighted by Gasteiger charge is 2.19. The van der Waals surface area contributed by atoms with Crippen LogP contribution in [0.25, 0.3) is 10.9 Å². The lowest BCUT2D eigenvalue weighted by molar-refractivity contribution is 0.534. The van der Waals surface area contributed by atoms with Gasteiger partial charge in [0.15, 0.2) is 0 Å². The molecule has 0 spiro atoms. The van der Waals surface area contributed by atoms with Gasteiger partial charge < -0.3 is 10.3 Å². The predicted octanol–water partition coefficient (Wildman–Crippen LogP) is 3.57. The molecule has 0 aliphatic heterocycles. The molecule has 0 atom stereocenters. The lowest BCUT2D eigenvalue weighted by Gasteiger charge is -2.13. The van der Waals surface area contributed by atoms with Crippen LogP contribution in [-0.4, -0.2) is 11.1 Å². The number of rotatable bonds is 3. The van der Waals surface area contributed by atoms with Gasteiger partial charge in [-0.15, -0.1) is 0 Å². The van der Waals surface area contributed by atoms with Crippen molar-refractivity contribution >= 4 is 10.9 Å². The van der Waals surface area contributed by atoms with Crippen molar-refractivity contribution in [1.29, 1.82) is 0 Å². The summed E-state index contributed by atoms with van der Waals surface area (Å²) in [5.74, 6) is 0. The first-order chi connectivity index (χ1) is 8.79. The first-order valence-corrected chi connectivity index (χ1v) is 7.10. The summed E-state index contributed by atoms with van der Waals surface area (Å²) in [6.07, 6.45) is 8.76. The Hall–Kier alpha value is -1.28. The molecule has 0 saturated heterocycles. The zero-order valence-corrected chi connectivity index (χ0v) is 11.2. The highest BCUT2D eigenvalue weighted by Crippen LogP contribution is 2.34. The topological polar surface area (TPSA) is 30.9 Å². The van der Waals surface area contributed by atoms with Gasteiger partial charge >= 0.3 is 0 Å². The molecule has 1 saturated carbocycles. The molecule has 3 rings (SSSR count). The largest absolute Gasteiger partial charge is 0.344 e. The van der Waals surface area contributed by atoms with E-state index >= 15 is 0 Å². The quantitative estimate of drug-likeness (QED) is 0.876. The molecule has 1 aliphatic carbocycles. The molecule has 1 fully saturated rings. The Labute approximate surface area is 109 Å². The first kappa shape index (κ1) is 11.8. The molecular weight excluding hydrogens is 220 g/mol. The maximum absolute atomic E-state index is 5.74. The van der Waals surface area contributed by atoms with Gasteiger partial charge in [0, 0.05) is 23.1 Å². The summed E-state index contributed by atoms with van der Waals surface area (Å²) < 4.78 is 2.51. The van der Waals surface area contributed by atoms with Crippen molar-refractivity contribution < 1.29 is 0 Å². The molecule has 0 radical (unpaired) electrons. The van der Waals surface area contributed by atoms with Crippen molar-refractivity contribution in [2.75, 3.05) is 6.54 Å². The molecule has 96 valence electrons. The van der Waals surface area contributed by atoms with Crippen molar-refractivity contribution in [3.05, 3.63) is 35.5 Å². The molecule has 2 aromatic rings. The van der Waals surface area contributed by atoms with Gasteiger partial charge in [0.05, 0.1) is 0 Å². The molecule has 2 nitrogen and oxygen atoms in total. The van der Waals surface area contributed by atoms with Gasteiger partial charge in [0.1, 0.15) is 0 Å². The van der Waals surface area contributed by atoms with Crippen LogP contribution in [0, 0.1) is 6.92 Å². The van der Waals surface area contributed by atoms with Crippen LogP contribution >= 0.6 is 0 Å². The minimum atomic E-state index is 0.710. The van der Waals surface area contributed by atoms with Gasteiger partial charge in [-0.25, -0.2) is 0 Å². The van der Waals surface area contributed by atoms with Crippen molar-refractivity contribution in [2.45, 2.75) is 45.1 Å². The zero-order chi connectivity index (χ0) is 12.5. The van der Waals surface area contributed by atoms with Gasteiger partial charge in [-0.2, -0.15) is 0 Å². The Morgan fingerprint density at radius 3 is 2.78 bits per heavy atom. The summed E-state index contributed by atoms with van der Waals surface area (Å²) >= 11 is 0. The molecule has 1 aliphatic rings. The van der Waals surface area contributed by atoms with Gasteiger partial charge in [-0.05, 0) is 50.4 Å². The smallest absolute Gasteiger partial charge is 0.0485 e. The van der Waals surface area contributed by atoms with Crippen LogP contribution in [0.2, 0.25) is 0 Å². The van der Waals surface area contributed by atoms with Gasteiger partial charge in [0.2, 0.25) is 0 Å². The van der Waals surface area contributed by atoms with Crippen LogP contribution in [0.1, 0.15) is 42.9 Å². The van der Waals surface area contributed by atoms with E-state index in [4.69, 9.17) is 5.73 Å².